The van der Waals surface area contributed by atoms with E-state index in [2.05, 4.69) is 29.2 Å². The number of carbonyl (C=O) groups is 1. The van der Waals surface area contributed by atoms with Crippen molar-refractivity contribution in [2.24, 2.45) is 5.73 Å². The van der Waals surface area contributed by atoms with Crippen molar-refractivity contribution in [3.8, 4) is 0 Å². The third kappa shape index (κ3) is 2.75. The minimum atomic E-state index is -0.535. The molecular formula is C21H21N3O. The van der Waals surface area contributed by atoms with Gasteiger partial charge < -0.3 is 15.5 Å². The molecule has 4 heteroatoms. The van der Waals surface area contributed by atoms with Crippen LogP contribution in [0.1, 0.15) is 5.56 Å². The highest BCUT2D eigenvalue weighted by Gasteiger charge is 2.30. The second kappa shape index (κ2) is 6.22. The fraction of sp³-hybridized carbons (Fsp3) is 0.190. The normalized spacial score (nSPS) is 17.5. The van der Waals surface area contributed by atoms with Crippen LogP contribution < -0.4 is 15.5 Å². The lowest BCUT2D eigenvalue weighted by Crippen LogP contribution is -2.46. The summed E-state index contributed by atoms with van der Waals surface area (Å²) in [5.74, 6) is -0.0373. The van der Waals surface area contributed by atoms with Crippen molar-refractivity contribution in [3.05, 3.63) is 72.3 Å². The maximum absolute atomic E-state index is 13.0. The third-order valence-corrected chi connectivity index (χ3v) is 4.85. The predicted molar refractivity (Wildman–Crippen MR) is 103 cm³/mol. The number of nitrogens with two attached hydrogens (primary N) is 1. The summed E-state index contributed by atoms with van der Waals surface area (Å²) in [7, 11) is 1.98. The maximum Gasteiger partial charge on any atom is 0.246 e. The number of rotatable bonds is 2. The van der Waals surface area contributed by atoms with Crippen molar-refractivity contribution in [2.75, 3.05) is 23.4 Å². The number of amides is 1. The number of benzene rings is 3. The van der Waals surface area contributed by atoms with E-state index in [0.29, 0.717) is 13.1 Å². The molecule has 1 heterocycles. The van der Waals surface area contributed by atoms with Crippen LogP contribution in [-0.4, -0.2) is 25.5 Å². The van der Waals surface area contributed by atoms with E-state index in [-0.39, 0.29) is 5.91 Å². The molecule has 0 radical (unpaired) electrons. The van der Waals surface area contributed by atoms with Gasteiger partial charge in [0.05, 0.1) is 17.9 Å². The minimum Gasteiger partial charge on any atom is -0.371 e. The average molecular weight is 331 g/mol. The highest BCUT2D eigenvalue weighted by molar-refractivity contribution is 6.02. The van der Waals surface area contributed by atoms with Crippen molar-refractivity contribution in [2.45, 2.75) is 12.6 Å². The van der Waals surface area contributed by atoms with Gasteiger partial charge in [-0.25, -0.2) is 0 Å². The van der Waals surface area contributed by atoms with Crippen LogP contribution in [-0.2, 0) is 11.3 Å². The molecule has 0 aliphatic carbocycles. The number of carbonyl (C=O) groups excluding carboxylic acids is 1. The number of likely N-dealkylation sites (N-methyl/N-ethyl adjacent to an activating group) is 1. The zero-order chi connectivity index (χ0) is 17.4. The van der Waals surface area contributed by atoms with Crippen LogP contribution >= 0.6 is 0 Å². The van der Waals surface area contributed by atoms with E-state index in [9.17, 15) is 4.79 Å². The molecule has 25 heavy (non-hydrogen) atoms. The van der Waals surface area contributed by atoms with E-state index in [4.69, 9.17) is 5.73 Å². The number of fused-ring (bicyclic) bond motifs is 2. The van der Waals surface area contributed by atoms with Crippen LogP contribution in [0.15, 0.2) is 66.7 Å². The second-order valence-corrected chi connectivity index (χ2v) is 6.54. The summed E-state index contributed by atoms with van der Waals surface area (Å²) in [5.41, 5.74) is 9.24. The topological polar surface area (TPSA) is 49.6 Å². The van der Waals surface area contributed by atoms with Gasteiger partial charge in [-0.05, 0) is 28.5 Å². The Labute approximate surface area is 147 Å². The zero-order valence-electron chi connectivity index (χ0n) is 14.2. The Morgan fingerprint density at radius 1 is 0.960 bits per heavy atom. The molecule has 0 saturated carbocycles. The molecule has 1 unspecified atom stereocenters. The van der Waals surface area contributed by atoms with Gasteiger partial charge in [0.15, 0.2) is 0 Å². The third-order valence-electron chi connectivity index (χ3n) is 4.85. The van der Waals surface area contributed by atoms with Crippen LogP contribution in [0.4, 0.5) is 11.4 Å². The molecule has 3 aromatic carbocycles. The molecule has 4 rings (SSSR count). The first-order chi connectivity index (χ1) is 12.1. The Balaban J connectivity index is 1.82. The smallest absolute Gasteiger partial charge is 0.246 e. The van der Waals surface area contributed by atoms with Crippen molar-refractivity contribution < 1.29 is 4.79 Å². The van der Waals surface area contributed by atoms with Gasteiger partial charge in [0.2, 0.25) is 5.91 Å². The van der Waals surface area contributed by atoms with E-state index in [1.165, 1.54) is 10.8 Å². The Kier molecular flexibility index (Phi) is 3.90. The molecule has 0 spiro atoms. The van der Waals surface area contributed by atoms with Crippen molar-refractivity contribution in [1.29, 1.82) is 0 Å². The molecule has 126 valence electrons. The summed E-state index contributed by atoms with van der Waals surface area (Å²) in [6, 6.07) is 21.9. The fourth-order valence-electron chi connectivity index (χ4n) is 3.57. The molecule has 0 bridgehead atoms. The van der Waals surface area contributed by atoms with E-state index >= 15 is 0 Å². The van der Waals surface area contributed by atoms with Crippen LogP contribution in [0, 0.1) is 0 Å². The first kappa shape index (κ1) is 15.7. The standard InChI is InChI=1S/C21H21N3O/c1-23-14-18(22)21(25)24(20-12-5-4-11-19(20)23)13-16-9-6-8-15-7-2-3-10-17(15)16/h2-12,18H,13-14,22H2,1H3. The van der Waals surface area contributed by atoms with Gasteiger partial charge in [-0.3, -0.25) is 4.79 Å². The average Bonchev–Trinajstić information content (AvgIpc) is 2.73. The molecule has 0 saturated heterocycles. The highest BCUT2D eigenvalue weighted by atomic mass is 16.2. The van der Waals surface area contributed by atoms with Crippen LogP contribution in [0.2, 0.25) is 0 Å². The van der Waals surface area contributed by atoms with Gasteiger partial charge >= 0.3 is 0 Å². The predicted octanol–water partition coefficient (Wildman–Crippen LogP) is 3.15. The summed E-state index contributed by atoms with van der Waals surface area (Å²) in [6.45, 7) is 1.03. The molecule has 1 atom stereocenters. The molecule has 1 aliphatic heterocycles. The van der Waals surface area contributed by atoms with E-state index in [1.807, 2.05) is 54.4 Å². The molecule has 2 N–H and O–H groups in total. The summed E-state index contributed by atoms with van der Waals surface area (Å²) in [6.07, 6.45) is 0. The highest BCUT2D eigenvalue weighted by Crippen LogP contribution is 2.33. The zero-order valence-corrected chi connectivity index (χ0v) is 14.2. The van der Waals surface area contributed by atoms with Gasteiger partial charge in [-0.2, -0.15) is 0 Å². The Hall–Kier alpha value is -2.85. The number of hydrogen-bond donors (Lipinski definition) is 1. The van der Waals surface area contributed by atoms with Gasteiger partial charge in [0, 0.05) is 13.6 Å². The van der Waals surface area contributed by atoms with E-state index in [1.54, 1.807) is 0 Å². The lowest BCUT2D eigenvalue weighted by molar-refractivity contribution is -0.119. The SMILES string of the molecule is CN1CC(N)C(=O)N(Cc2cccc3ccccc23)c2ccccc21. The molecule has 1 aliphatic rings. The number of anilines is 2. The largest absolute Gasteiger partial charge is 0.371 e. The maximum atomic E-state index is 13.0. The molecule has 3 aromatic rings. The first-order valence-corrected chi connectivity index (χ1v) is 8.49. The number of hydrogen-bond acceptors (Lipinski definition) is 3. The molecule has 0 aromatic heterocycles. The number of para-hydroxylation sites is 2. The molecule has 0 fully saturated rings. The molecule has 4 nitrogen and oxygen atoms in total. The summed E-state index contributed by atoms with van der Waals surface area (Å²) < 4.78 is 0. The summed E-state index contributed by atoms with van der Waals surface area (Å²) >= 11 is 0. The molecule has 1 amide bonds. The first-order valence-electron chi connectivity index (χ1n) is 8.49. The van der Waals surface area contributed by atoms with Crippen LogP contribution in [0.25, 0.3) is 10.8 Å². The fourth-order valence-corrected chi connectivity index (χ4v) is 3.57. The van der Waals surface area contributed by atoms with Crippen molar-refractivity contribution >= 4 is 28.1 Å². The van der Waals surface area contributed by atoms with Gasteiger partial charge in [-0.15, -0.1) is 0 Å². The van der Waals surface area contributed by atoms with Crippen molar-refractivity contribution in [3.63, 3.8) is 0 Å². The Bertz CT molecular complexity index is 932. The Morgan fingerprint density at radius 2 is 1.64 bits per heavy atom. The Morgan fingerprint density at radius 3 is 2.48 bits per heavy atom. The summed E-state index contributed by atoms with van der Waals surface area (Å²) in [4.78, 5) is 16.8. The number of nitrogens with zero attached hydrogens (tertiary/aromatic N) is 2. The summed E-state index contributed by atoms with van der Waals surface area (Å²) in [5, 5.41) is 2.35. The van der Waals surface area contributed by atoms with E-state index in [0.717, 1.165) is 16.9 Å². The quantitative estimate of drug-likeness (QED) is 0.785. The van der Waals surface area contributed by atoms with Gasteiger partial charge in [0.25, 0.3) is 0 Å². The van der Waals surface area contributed by atoms with Crippen molar-refractivity contribution in [1.82, 2.24) is 0 Å². The monoisotopic (exact) mass is 331 g/mol. The second-order valence-electron chi connectivity index (χ2n) is 6.54. The van der Waals surface area contributed by atoms with Gasteiger partial charge in [0.1, 0.15) is 6.04 Å². The van der Waals surface area contributed by atoms with Gasteiger partial charge in [-0.1, -0.05) is 54.6 Å². The lowest BCUT2D eigenvalue weighted by Gasteiger charge is -2.25. The van der Waals surface area contributed by atoms with Crippen LogP contribution in [0.5, 0.6) is 0 Å². The van der Waals surface area contributed by atoms with E-state index < -0.39 is 6.04 Å². The minimum absolute atomic E-state index is 0.0373. The molecular weight excluding hydrogens is 310 g/mol. The lowest BCUT2D eigenvalue weighted by atomic mass is 10.0. The van der Waals surface area contributed by atoms with Crippen LogP contribution in [0.3, 0.4) is 0 Å².